The number of likely N-dealkylation sites (tertiary alicyclic amines) is 1. The molecule has 0 saturated carbocycles. The van der Waals surface area contributed by atoms with Crippen LogP contribution in [0.5, 0.6) is 0 Å². The number of nitrogens with one attached hydrogen (secondary N) is 1. The van der Waals surface area contributed by atoms with Gasteiger partial charge in [0.1, 0.15) is 6.10 Å². The molecule has 0 spiro atoms. The fourth-order valence-corrected chi connectivity index (χ4v) is 3.67. The summed E-state index contributed by atoms with van der Waals surface area (Å²) in [6.45, 7) is 1.60. The summed E-state index contributed by atoms with van der Waals surface area (Å²) in [4.78, 5) is 14.7. The average Bonchev–Trinajstić information content (AvgIpc) is 2.73. The Labute approximate surface area is 181 Å². The van der Waals surface area contributed by atoms with Crippen LogP contribution in [0, 0.1) is 5.21 Å². The first-order chi connectivity index (χ1) is 14.4. The number of piperidine rings is 1. The van der Waals surface area contributed by atoms with Crippen molar-refractivity contribution in [2.24, 2.45) is 0 Å². The molecular formula is C18H25BrN5O6+. The fourth-order valence-electron chi connectivity index (χ4n) is 3.32. The minimum absolute atomic E-state index is 0.0366. The van der Waals surface area contributed by atoms with Gasteiger partial charge in [-0.25, -0.2) is 9.94 Å². The molecule has 1 saturated heterocycles. The highest BCUT2D eigenvalue weighted by atomic mass is 79.9. The van der Waals surface area contributed by atoms with Crippen molar-refractivity contribution in [1.29, 1.82) is 0 Å². The molecule has 1 unspecified atom stereocenters. The van der Waals surface area contributed by atoms with E-state index in [1.165, 1.54) is 0 Å². The van der Waals surface area contributed by atoms with Crippen molar-refractivity contribution in [1.82, 2.24) is 10.00 Å². The second-order valence-corrected chi connectivity index (χ2v) is 8.06. The molecule has 1 fully saturated rings. The zero-order valence-corrected chi connectivity index (χ0v) is 17.9. The maximum atomic E-state index is 12.4. The van der Waals surface area contributed by atoms with E-state index in [-0.39, 0.29) is 42.7 Å². The third-order valence-electron chi connectivity index (χ3n) is 4.88. The summed E-state index contributed by atoms with van der Waals surface area (Å²) in [5.41, 5.74) is 0.459. The van der Waals surface area contributed by atoms with Gasteiger partial charge in [0.25, 0.3) is 0 Å². The van der Waals surface area contributed by atoms with E-state index in [0.29, 0.717) is 46.5 Å². The van der Waals surface area contributed by atoms with E-state index in [9.17, 15) is 20.3 Å². The highest BCUT2D eigenvalue weighted by molar-refractivity contribution is 9.10. The first kappa shape index (κ1) is 22.4. The summed E-state index contributed by atoms with van der Waals surface area (Å²) in [6.07, 6.45) is 0.395. The molecule has 0 amide bonds. The standard InChI is InChI=1S/C18H25BrN5O6/c19-12-1-2-15-16(9-12)24(29)21-18(23(15)28)20-6-3-17(27)30-14-4-7-22(8-5-14)10-13(26)11-25/h1-2,9,13-14,25-26H,3-8,10-11H2,(H2,20,21,29)/q+1. The summed E-state index contributed by atoms with van der Waals surface area (Å²) in [7, 11) is 0. The maximum absolute atomic E-state index is 12.4. The van der Waals surface area contributed by atoms with E-state index in [4.69, 9.17) is 9.84 Å². The normalized spacial score (nSPS) is 16.5. The molecule has 1 aromatic carbocycles. The first-order valence-corrected chi connectivity index (χ1v) is 10.5. The van der Waals surface area contributed by atoms with E-state index < -0.39 is 12.1 Å². The number of aliphatic hydroxyl groups excluding tert-OH is 2. The van der Waals surface area contributed by atoms with Crippen LogP contribution in [0.2, 0.25) is 0 Å². The number of fused-ring (bicyclic) bond motifs is 1. The van der Waals surface area contributed by atoms with Crippen molar-refractivity contribution < 1.29 is 34.5 Å². The van der Waals surface area contributed by atoms with Crippen LogP contribution >= 0.6 is 15.9 Å². The molecule has 3 rings (SSSR count). The Morgan fingerprint density at radius 1 is 1.40 bits per heavy atom. The number of anilines is 1. The molecule has 1 aliphatic rings. The van der Waals surface area contributed by atoms with Crippen LogP contribution in [0.25, 0.3) is 11.0 Å². The number of hydrogen-bond acceptors (Lipinski definition) is 9. The maximum Gasteiger partial charge on any atom is 0.464 e. The largest absolute Gasteiger partial charge is 0.739 e. The third-order valence-corrected chi connectivity index (χ3v) is 5.37. The van der Waals surface area contributed by atoms with Gasteiger partial charge in [-0.05, 0) is 25.0 Å². The van der Waals surface area contributed by atoms with Gasteiger partial charge in [-0.2, -0.15) is 0 Å². The molecule has 0 radical (unpaired) electrons. The molecule has 1 atom stereocenters. The molecule has 1 aliphatic heterocycles. The number of rotatable bonds is 8. The Hall–Kier alpha value is -2.28. The predicted octanol–water partition coefficient (Wildman–Crippen LogP) is -0.682. The van der Waals surface area contributed by atoms with Crippen molar-refractivity contribution in [3.63, 3.8) is 0 Å². The van der Waals surface area contributed by atoms with Gasteiger partial charge in [0.15, 0.2) is 5.52 Å². The topological polar surface area (TPSA) is 146 Å². The third kappa shape index (κ3) is 5.65. The molecule has 0 aliphatic carbocycles. The van der Waals surface area contributed by atoms with E-state index >= 15 is 0 Å². The van der Waals surface area contributed by atoms with Crippen molar-refractivity contribution >= 4 is 38.9 Å². The van der Waals surface area contributed by atoms with Crippen molar-refractivity contribution in [3.8, 4) is 0 Å². The lowest BCUT2D eigenvalue weighted by atomic mass is 10.1. The minimum atomic E-state index is -0.762. The SMILES string of the molecule is O=C(CCNc1n[n+](O)c2cc(Br)ccc2[n+]1[O-])OC1CCN(CC(O)CO)CC1. The number of aliphatic hydroxyl groups is 2. The zero-order valence-electron chi connectivity index (χ0n) is 16.3. The highest BCUT2D eigenvalue weighted by Crippen LogP contribution is 2.16. The molecule has 1 aromatic heterocycles. The summed E-state index contributed by atoms with van der Waals surface area (Å²) in [5.74, 6) is -0.522. The molecular weight excluding hydrogens is 462 g/mol. The van der Waals surface area contributed by atoms with Crippen LogP contribution in [0.3, 0.4) is 0 Å². The van der Waals surface area contributed by atoms with E-state index in [2.05, 4.69) is 26.3 Å². The number of carbonyl (C=O) groups is 1. The molecule has 30 heavy (non-hydrogen) atoms. The lowest BCUT2D eigenvalue weighted by molar-refractivity contribution is -0.933. The van der Waals surface area contributed by atoms with Gasteiger partial charge in [0.05, 0.1) is 25.7 Å². The van der Waals surface area contributed by atoms with Gasteiger partial charge < -0.3 is 25.1 Å². The van der Waals surface area contributed by atoms with Crippen LogP contribution in [-0.2, 0) is 9.53 Å². The Morgan fingerprint density at radius 2 is 2.13 bits per heavy atom. The van der Waals surface area contributed by atoms with E-state index in [1.54, 1.807) is 18.2 Å². The van der Waals surface area contributed by atoms with Crippen LogP contribution < -0.4 is 14.9 Å². The van der Waals surface area contributed by atoms with Crippen molar-refractivity contribution in [2.75, 3.05) is 38.1 Å². The number of halogens is 1. The quantitative estimate of drug-likeness (QED) is 0.165. The second-order valence-electron chi connectivity index (χ2n) is 7.14. The molecule has 2 aromatic rings. The number of benzene rings is 1. The van der Waals surface area contributed by atoms with Gasteiger partial charge in [-0.15, -0.1) is 0 Å². The fraction of sp³-hybridized carbons (Fsp3) is 0.556. The van der Waals surface area contributed by atoms with Gasteiger partial charge in [0, 0.05) is 30.2 Å². The highest BCUT2D eigenvalue weighted by Gasteiger charge is 2.26. The Morgan fingerprint density at radius 3 is 2.83 bits per heavy atom. The van der Waals surface area contributed by atoms with Crippen LogP contribution in [-0.4, -0.2) is 76.4 Å². The number of carbonyl (C=O) groups excluding carboxylic acids is 1. The van der Waals surface area contributed by atoms with Crippen LogP contribution in [0.4, 0.5) is 5.95 Å². The van der Waals surface area contributed by atoms with E-state index in [0.717, 1.165) is 0 Å². The second kappa shape index (κ2) is 10.2. The number of aromatic nitrogens is 3. The number of hydrogen-bond donors (Lipinski definition) is 4. The van der Waals surface area contributed by atoms with Crippen molar-refractivity contribution in [3.05, 3.63) is 27.9 Å². The monoisotopic (exact) mass is 486 g/mol. The molecule has 0 bridgehead atoms. The lowest BCUT2D eigenvalue weighted by Gasteiger charge is -2.32. The van der Waals surface area contributed by atoms with Gasteiger partial charge in [-0.3, -0.25) is 10.1 Å². The summed E-state index contributed by atoms with van der Waals surface area (Å²) < 4.78 is 6.71. The smallest absolute Gasteiger partial charge is 0.464 e. The van der Waals surface area contributed by atoms with Crippen LogP contribution in [0.15, 0.2) is 22.7 Å². The molecule has 4 N–H and O–H groups in total. The Balaban J connectivity index is 1.46. The molecule has 12 heteroatoms. The number of nitrogens with zero attached hydrogens (tertiary/aromatic N) is 4. The number of ether oxygens (including phenoxy) is 1. The van der Waals surface area contributed by atoms with E-state index in [1.807, 2.05) is 4.90 Å². The lowest BCUT2D eigenvalue weighted by Crippen LogP contribution is -2.46. The molecule has 2 heterocycles. The Bertz CT molecular complexity index is 893. The van der Waals surface area contributed by atoms with Crippen molar-refractivity contribution in [2.45, 2.75) is 31.5 Å². The van der Waals surface area contributed by atoms with Gasteiger partial charge >= 0.3 is 17.4 Å². The molecule has 11 nitrogen and oxygen atoms in total. The average molecular weight is 487 g/mol. The number of β-amino-alcohol motifs (C(OH)–C–C–N with tert-alkyl or cyclic N) is 1. The van der Waals surface area contributed by atoms with Gasteiger partial charge in [-0.1, -0.05) is 15.9 Å². The molecule has 164 valence electrons. The Kier molecular flexibility index (Phi) is 7.58. The predicted molar refractivity (Wildman–Crippen MR) is 108 cm³/mol. The number of esters is 1. The minimum Gasteiger partial charge on any atom is -0.739 e. The summed E-state index contributed by atoms with van der Waals surface area (Å²) in [6, 6.07) is 4.79. The first-order valence-electron chi connectivity index (χ1n) is 9.66. The van der Waals surface area contributed by atoms with Crippen LogP contribution in [0.1, 0.15) is 19.3 Å². The van der Waals surface area contributed by atoms with Gasteiger partial charge in [0.2, 0.25) is 9.94 Å². The summed E-state index contributed by atoms with van der Waals surface area (Å²) in [5, 5.41) is 47.3. The summed E-state index contributed by atoms with van der Waals surface area (Å²) >= 11 is 3.27. The zero-order chi connectivity index (χ0) is 21.7.